The maximum Gasteiger partial charge on any atom is 0.316 e. The fourth-order valence-corrected chi connectivity index (χ4v) is 0. The Labute approximate surface area is 66.6 Å². The molecule has 0 saturated carbocycles. The van der Waals surface area contributed by atoms with E-state index in [2.05, 4.69) is 0 Å². The second-order valence-corrected chi connectivity index (χ2v) is 0. The van der Waals surface area contributed by atoms with Crippen LogP contribution in [0.1, 0.15) is 0 Å². The summed E-state index contributed by atoms with van der Waals surface area (Å²) in [6, 6.07) is 0. The van der Waals surface area contributed by atoms with E-state index in [1.54, 1.807) is 0 Å². The SMILES string of the molecule is O.[GeH4].[MgH2].[W]. The molecule has 0 radical (unpaired) electrons. The molecule has 0 aliphatic rings. The first-order valence-corrected chi connectivity index (χ1v) is 0. The van der Waals surface area contributed by atoms with Gasteiger partial charge in [-0.3, -0.25) is 0 Å². The summed E-state index contributed by atoms with van der Waals surface area (Å²) in [5.74, 6) is 0. The molecule has 0 aromatic rings. The van der Waals surface area contributed by atoms with Crippen LogP contribution < -0.4 is 0 Å². The van der Waals surface area contributed by atoms with Crippen LogP contribution in [0.2, 0.25) is 0 Å². The van der Waals surface area contributed by atoms with E-state index in [9.17, 15) is 0 Å². The molecule has 0 aliphatic carbocycles. The standard InChI is InChI=1S/GeH4.Mg.H2O.W.2H/h1H4;;1H2;;;. The Balaban J connectivity index is 0. The molecule has 2 N–H and O–H groups in total. The molecule has 0 amide bonds. The average molecular weight is 305 g/mol. The largest absolute Gasteiger partial charge is 0.316 e. The zero-order valence-corrected chi connectivity index (χ0v) is 3.84. The third-order valence-electron chi connectivity index (χ3n) is 0. The second-order valence-electron chi connectivity index (χ2n) is 0. The summed E-state index contributed by atoms with van der Waals surface area (Å²) in [7, 11) is 0. The van der Waals surface area contributed by atoms with Gasteiger partial charge in [0.25, 0.3) is 0 Å². The van der Waals surface area contributed by atoms with E-state index in [1.165, 1.54) is 0 Å². The predicted octanol–water partition coefficient (Wildman–Crippen LogP) is -3.20. The van der Waals surface area contributed by atoms with Crippen LogP contribution in [0.4, 0.5) is 0 Å². The van der Waals surface area contributed by atoms with Gasteiger partial charge < -0.3 is 5.48 Å². The molecular weight excluding hydrogens is 297 g/mol. The quantitative estimate of drug-likeness (QED) is 0.423. The summed E-state index contributed by atoms with van der Waals surface area (Å²) in [6.07, 6.45) is 0. The van der Waals surface area contributed by atoms with Gasteiger partial charge in [0, 0.05) is 21.1 Å². The van der Waals surface area contributed by atoms with Crippen LogP contribution in [-0.2, 0) is 21.1 Å². The minimum absolute atomic E-state index is 0. The van der Waals surface area contributed by atoms with Gasteiger partial charge >= 0.3 is 40.6 Å². The van der Waals surface area contributed by atoms with Crippen LogP contribution in [0.3, 0.4) is 0 Å². The zero-order valence-electron chi connectivity index (χ0n) is 0.908. The Morgan fingerprint density at radius 1 is 1.00 bits per heavy atom. The Morgan fingerprint density at radius 2 is 1.00 bits per heavy atom. The van der Waals surface area contributed by atoms with Crippen molar-refractivity contribution in [3.05, 3.63) is 0 Å². The van der Waals surface area contributed by atoms with E-state index < -0.39 is 0 Å². The van der Waals surface area contributed by atoms with Crippen molar-refractivity contribution in [2.75, 3.05) is 0 Å². The van der Waals surface area contributed by atoms with Crippen molar-refractivity contribution in [1.82, 2.24) is 0 Å². The van der Waals surface area contributed by atoms with Gasteiger partial charge in [0.1, 0.15) is 0 Å². The van der Waals surface area contributed by atoms with Crippen molar-refractivity contribution in [3.8, 4) is 0 Å². The van der Waals surface area contributed by atoms with Crippen molar-refractivity contribution >= 4 is 40.6 Å². The maximum atomic E-state index is 0. The first-order valence-electron chi connectivity index (χ1n) is 0. The molecule has 0 fully saturated rings. The van der Waals surface area contributed by atoms with Crippen LogP contribution in [0.25, 0.3) is 0 Å². The molecule has 1 nitrogen and oxygen atoms in total. The summed E-state index contributed by atoms with van der Waals surface area (Å²) in [5, 5.41) is 0. The molecule has 26 valence electrons. The fraction of sp³-hybridized carbons (Fsp3) is 0. The van der Waals surface area contributed by atoms with Crippen LogP contribution in [0.5, 0.6) is 0 Å². The van der Waals surface area contributed by atoms with Crippen LogP contribution in [0.15, 0.2) is 0 Å². The molecule has 4 heavy (non-hydrogen) atoms. The van der Waals surface area contributed by atoms with Gasteiger partial charge in [-0.1, -0.05) is 0 Å². The van der Waals surface area contributed by atoms with Gasteiger partial charge in [0.2, 0.25) is 0 Å². The molecule has 0 atom stereocenters. The van der Waals surface area contributed by atoms with Crippen LogP contribution in [0, 0.1) is 0 Å². The van der Waals surface area contributed by atoms with E-state index in [-0.39, 0.29) is 67.2 Å². The predicted molar refractivity (Wildman–Crippen MR) is 23.5 cm³/mol. The molecule has 0 aromatic carbocycles. The van der Waals surface area contributed by atoms with Gasteiger partial charge in [-0.05, 0) is 0 Å². The smallest absolute Gasteiger partial charge is 0 e. The summed E-state index contributed by atoms with van der Waals surface area (Å²) in [4.78, 5) is 0. The summed E-state index contributed by atoms with van der Waals surface area (Å²) < 4.78 is 0. The van der Waals surface area contributed by atoms with Gasteiger partial charge in [-0.15, -0.1) is 0 Å². The molecule has 0 saturated heterocycles. The molecule has 0 aromatic heterocycles. The molecule has 0 unspecified atom stereocenters. The maximum absolute atomic E-state index is 0. The molecule has 0 rings (SSSR count). The second kappa shape index (κ2) is 20.3. The molecular formula is H8GeMgOW. The van der Waals surface area contributed by atoms with Gasteiger partial charge in [-0.2, -0.15) is 0 Å². The normalized spacial score (nSPS) is 0. The molecule has 0 aliphatic heterocycles. The minimum Gasteiger partial charge on any atom is 0 e. The topological polar surface area (TPSA) is 31.5 Å². The summed E-state index contributed by atoms with van der Waals surface area (Å²) >= 11 is 0. The Kier molecular flexibility index (Phi) is 194. The number of hydrogen-bond acceptors (Lipinski definition) is 0. The molecule has 4 heteroatoms. The molecule has 0 heterocycles. The Morgan fingerprint density at radius 3 is 1.00 bits per heavy atom. The van der Waals surface area contributed by atoms with E-state index >= 15 is 0 Å². The Bertz CT molecular complexity index is 8.00. The van der Waals surface area contributed by atoms with E-state index in [0.29, 0.717) is 0 Å². The van der Waals surface area contributed by atoms with Crippen molar-refractivity contribution in [2.45, 2.75) is 0 Å². The van der Waals surface area contributed by atoms with Gasteiger partial charge in [-0.25, -0.2) is 0 Å². The van der Waals surface area contributed by atoms with E-state index in [4.69, 9.17) is 0 Å². The third-order valence-corrected chi connectivity index (χ3v) is 0. The van der Waals surface area contributed by atoms with Crippen molar-refractivity contribution in [1.29, 1.82) is 0 Å². The summed E-state index contributed by atoms with van der Waals surface area (Å²) in [5.41, 5.74) is 0. The van der Waals surface area contributed by atoms with Crippen molar-refractivity contribution in [3.63, 3.8) is 0 Å². The van der Waals surface area contributed by atoms with Crippen molar-refractivity contribution < 1.29 is 26.5 Å². The number of hydrogen-bond donors (Lipinski definition) is 0. The third kappa shape index (κ3) is 9.03. The molecule has 0 spiro atoms. The first kappa shape index (κ1) is 38.2. The van der Waals surface area contributed by atoms with Crippen LogP contribution in [-0.4, -0.2) is 46.1 Å². The minimum atomic E-state index is 0. The Hall–Kier alpha value is 1.96. The number of rotatable bonds is 0. The zero-order chi connectivity index (χ0) is 0. The summed E-state index contributed by atoms with van der Waals surface area (Å²) in [6.45, 7) is 0. The van der Waals surface area contributed by atoms with Crippen LogP contribution >= 0.6 is 0 Å². The van der Waals surface area contributed by atoms with E-state index in [0.717, 1.165) is 0 Å². The van der Waals surface area contributed by atoms with Crippen molar-refractivity contribution in [2.24, 2.45) is 0 Å². The average Bonchev–Trinajstić information content (AvgIpc) is 0. The fourth-order valence-electron chi connectivity index (χ4n) is 0. The molecule has 0 bridgehead atoms. The monoisotopic (exact) mass is 306 g/mol. The first-order chi connectivity index (χ1) is 0. The van der Waals surface area contributed by atoms with E-state index in [1.807, 2.05) is 0 Å². The van der Waals surface area contributed by atoms with Gasteiger partial charge in [0.15, 0.2) is 0 Å². The van der Waals surface area contributed by atoms with Gasteiger partial charge in [0.05, 0.1) is 0 Å².